The number of rotatable bonds is 7. The first-order valence-electron chi connectivity index (χ1n) is 10.8. The van der Waals surface area contributed by atoms with Crippen LogP contribution in [0.25, 0.3) is 0 Å². The Hall–Kier alpha value is -2.69. The van der Waals surface area contributed by atoms with Crippen LogP contribution < -0.4 is 15.9 Å². The molecule has 0 saturated carbocycles. The summed E-state index contributed by atoms with van der Waals surface area (Å²) in [5.74, 6) is 1.10. The maximum absolute atomic E-state index is 2.35. The van der Waals surface area contributed by atoms with Gasteiger partial charge in [-0.2, -0.15) is 0 Å². The molecule has 2 unspecified atom stereocenters. The average Bonchev–Trinajstić information content (AvgIpc) is 2.81. The minimum atomic E-state index is -0.530. The van der Waals surface area contributed by atoms with Crippen molar-refractivity contribution in [3.63, 3.8) is 0 Å². The van der Waals surface area contributed by atoms with Crippen LogP contribution in [0, 0.1) is 0 Å². The van der Waals surface area contributed by atoms with Crippen LogP contribution in [0.15, 0.2) is 115 Å². The second-order valence-electron chi connectivity index (χ2n) is 8.05. The fourth-order valence-electron chi connectivity index (χ4n) is 4.14. The van der Waals surface area contributed by atoms with E-state index < -0.39 is 7.92 Å². The predicted octanol–water partition coefficient (Wildman–Crippen LogP) is 6.74. The second kappa shape index (κ2) is 9.88. The summed E-state index contributed by atoms with van der Waals surface area (Å²) >= 11 is 0. The van der Waals surface area contributed by atoms with Crippen molar-refractivity contribution < 1.29 is 0 Å². The van der Waals surface area contributed by atoms with Gasteiger partial charge in [-0.1, -0.05) is 129 Å². The third-order valence-corrected chi connectivity index (χ3v) is 8.27. The molecule has 2 atom stereocenters. The van der Waals surface area contributed by atoms with Crippen LogP contribution in [0.2, 0.25) is 0 Å². The molecular formula is C29H29P. The van der Waals surface area contributed by atoms with E-state index in [4.69, 9.17) is 0 Å². The van der Waals surface area contributed by atoms with Crippen molar-refractivity contribution in [2.24, 2.45) is 0 Å². The molecule has 0 aliphatic heterocycles. The normalized spacial score (nSPS) is 13.2. The molecule has 4 aromatic rings. The summed E-state index contributed by atoms with van der Waals surface area (Å²) in [6.45, 7) is 4.69. The Balaban J connectivity index is 1.56. The molecule has 0 saturated heterocycles. The quantitative estimate of drug-likeness (QED) is 0.297. The van der Waals surface area contributed by atoms with Crippen molar-refractivity contribution in [1.82, 2.24) is 0 Å². The fraction of sp³-hybridized carbons (Fsp3) is 0.172. The minimum absolute atomic E-state index is 0.530. The van der Waals surface area contributed by atoms with Crippen molar-refractivity contribution in [3.05, 3.63) is 126 Å². The van der Waals surface area contributed by atoms with E-state index in [1.165, 1.54) is 27.0 Å². The average molecular weight is 409 g/mol. The Kier molecular flexibility index (Phi) is 6.77. The molecule has 0 aliphatic carbocycles. The van der Waals surface area contributed by atoms with Crippen LogP contribution >= 0.6 is 7.92 Å². The number of benzene rings is 4. The molecule has 0 aromatic heterocycles. The summed E-state index contributed by atoms with van der Waals surface area (Å²) in [6.07, 6.45) is 1.16. The summed E-state index contributed by atoms with van der Waals surface area (Å²) in [5, 5.41) is 4.21. The molecule has 0 nitrogen and oxygen atoms in total. The van der Waals surface area contributed by atoms with Gasteiger partial charge < -0.3 is 0 Å². The van der Waals surface area contributed by atoms with E-state index in [-0.39, 0.29) is 0 Å². The van der Waals surface area contributed by atoms with Gasteiger partial charge in [-0.3, -0.25) is 0 Å². The highest BCUT2D eigenvalue weighted by molar-refractivity contribution is 7.79. The Morgan fingerprint density at radius 2 is 0.833 bits per heavy atom. The third kappa shape index (κ3) is 4.89. The summed E-state index contributed by atoms with van der Waals surface area (Å²) in [6, 6.07) is 42.1. The van der Waals surface area contributed by atoms with Crippen LogP contribution in [0.1, 0.15) is 43.2 Å². The first-order chi connectivity index (χ1) is 14.7. The first-order valence-corrected chi connectivity index (χ1v) is 12.1. The SMILES string of the molecule is CC(CC(C)c1ccc(P(c2ccccc2)c2ccccc2)cc1)c1ccccc1. The maximum Gasteiger partial charge on any atom is -0.0134 e. The van der Waals surface area contributed by atoms with Gasteiger partial charge in [0, 0.05) is 0 Å². The van der Waals surface area contributed by atoms with E-state index in [0.29, 0.717) is 11.8 Å². The highest BCUT2D eigenvalue weighted by atomic mass is 31.1. The third-order valence-electron chi connectivity index (χ3n) is 5.82. The lowest BCUT2D eigenvalue weighted by Crippen LogP contribution is -2.20. The second-order valence-corrected chi connectivity index (χ2v) is 10.3. The fourth-order valence-corrected chi connectivity index (χ4v) is 6.42. The Labute approximate surface area is 182 Å². The van der Waals surface area contributed by atoms with E-state index in [2.05, 4.69) is 129 Å². The molecule has 0 N–H and O–H groups in total. The summed E-state index contributed by atoms with van der Waals surface area (Å²) in [7, 11) is -0.530. The molecule has 0 amide bonds. The van der Waals surface area contributed by atoms with Gasteiger partial charge in [-0.05, 0) is 53.2 Å². The highest BCUT2D eigenvalue weighted by Gasteiger charge is 2.17. The molecule has 0 heterocycles. The van der Waals surface area contributed by atoms with E-state index >= 15 is 0 Å². The number of hydrogen-bond acceptors (Lipinski definition) is 0. The van der Waals surface area contributed by atoms with Gasteiger partial charge in [0.1, 0.15) is 0 Å². The van der Waals surface area contributed by atoms with E-state index in [1.807, 2.05) is 0 Å². The Morgan fingerprint density at radius 3 is 1.30 bits per heavy atom. The summed E-state index contributed by atoms with van der Waals surface area (Å²) < 4.78 is 0. The van der Waals surface area contributed by atoms with Crippen molar-refractivity contribution in [2.75, 3.05) is 0 Å². The molecule has 0 radical (unpaired) electrons. The van der Waals surface area contributed by atoms with Crippen molar-refractivity contribution in [2.45, 2.75) is 32.1 Å². The first kappa shape index (κ1) is 20.6. The van der Waals surface area contributed by atoms with Crippen LogP contribution in [-0.4, -0.2) is 0 Å². The molecule has 30 heavy (non-hydrogen) atoms. The van der Waals surface area contributed by atoms with Gasteiger partial charge in [0.2, 0.25) is 0 Å². The topological polar surface area (TPSA) is 0 Å². The van der Waals surface area contributed by atoms with Crippen LogP contribution in [0.3, 0.4) is 0 Å². The highest BCUT2D eigenvalue weighted by Crippen LogP contribution is 2.34. The maximum atomic E-state index is 2.35. The zero-order valence-corrected chi connectivity index (χ0v) is 18.7. The Morgan fingerprint density at radius 1 is 0.467 bits per heavy atom. The lowest BCUT2D eigenvalue weighted by atomic mass is 9.87. The van der Waals surface area contributed by atoms with E-state index in [1.54, 1.807) is 0 Å². The molecule has 0 spiro atoms. The van der Waals surface area contributed by atoms with Crippen LogP contribution in [0.5, 0.6) is 0 Å². The zero-order chi connectivity index (χ0) is 20.8. The van der Waals surface area contributed by atoms with Gasteiger partial charge in [-0.25, -0.2) is 0 Å². The van der Waals surface area contributed by atoms with Crippen molar-refractivity contribution >= 4 is 23.8 Å². The molecule has 0 bridgehead atoms. The van der Waals surface area contributed by atoms with Gasteiger partial charge >= 0.3 is 0 Å². The van der Waals surface area contributed by atoms with Gasteiger partial charge in [0.05, 0.1) is 0 Å². The standard InChI is InChI=1S/C29H29P/c1-23(25-12-6-3-7-13-25)22-24(2)26-18-20-29(21-19-26)30(27-14-8-4-9-15-27)28-16-10-5-11-17-28/h3-21,23-24H,22H2,1-2H3. The van der Waals surface area contributed by atoms with E-state index in [0.717, 1.165) is 6.42 Å². The molecular weight excluding hydrogens is 379 g/mol. The summed E-state index contributed by atoms with van der Waals surface area (Å²) in [4.78, 5) is 0. The van der Waals surface area contributed by atoms with Crippen molar-refractivity contribution in [3.8, 4) is 0 Å². The molecule has 4 aromatic carbocycles. The molecule has 0 aliphatic rings. The van der Waals surface area contributed by atoms with E-state index in [9.17, 15) is 0 Å². The van der Waals surface area contributed by atoms with Gasteiger partial charge in [0.25, 0.3) is 0 Å². The molecule has 1 heteroatoms. The lowest BCUT2D eigenvalue weighted by Gasteiger charge is -2.21. The van der Waals surface area contributed by atoms with Gasteiger partial charge in [0.15, 0.2) is 0 Å². The van der Waals surface area contributed by atoms with Crippen LogP contribution in [-0.2, 0) is 0 Å². The molecule has 4 rings (SSSR count). The van der Waals surface area contributed by atoms with Crippen molar-refractivity contribution in [1.29, 1.82) is 0 Å². The number of hydrogen-bond donors (Lipinski definition) is 0. The molecule has 0 fully saturated rings. The van der Waals surface area contributed by atoms with Gasteiger partial charge in [-0.15, -0.1) is 0 Å². The lowest BCUT2D eigenvalue weighted by molar-refractivity contribution is 0.593. The predicted molar refractivity (Wildman–Crippen MR) is 133 cm³/mol. The molecule has 150 valence electrons. The summed E-state index contributed by atoms with van der Waals surface area (Å²) in [5.41, 5.74) is 2.86. The van der Waals surface area contributed by atoms with Crippen LogP contribution in [0.4, 0.5) is 0 Å². The smallest absolute Gasteiger partial charge is 0.0134 e. The minimum Gasteiger partial charge on any atom is -0.0622 e. The largest absolute Gasteiger partial charge is 0.0622 e. The monoisotopic (exact) mass is 408 g/mol. The zero-order valence-electron chi connectivity index (χ0n) is 17.8. The Bertz CT molecular complexity index is 984.